The molecule has 0 atom stereocenters. The number of non-ortho nitro benzene ring substituents is 1. The standard InChI is InChI=1S/C7H6N2O3S/c10-7(13)8-5-2-1-3-6(4-5)9(11)12/h1-4H,(H2,8,10,13). The number of benzene rings is 1. The van der Waals surface area contributed by atoms with E-state index in [1.54, 1.807) is 6.07 Å². The number of carbonyl (C=O) groups is 1. The lowest BCUT2D eigenvalue weighted by molar-refractivity contribution is -0.384. The highest BCUT2D eigenvalue weighted by atomic mass is 32.1. The minimum absolute atomic E-state index is 0.0698. The van der Waals surface area contributed by atoms with E-state index in [9.17, 15) is 14.9 Å². The van der Waals surface area contributed by atoms with Crippen molar-refractivity contribution >= 4 is 29.2 Å². The number of nitrogens with zero attached hydrogens (tertiary/aromatic N) is 1. The van der Waals surface area contributed by atoms with Gasteiger partial charge in [0.1, 0.15) is 0 Å². The van der Waals surface area contributed by atoms with Gasteiger partial charge in [0.25, 0.3) is 10.9 Å². The summed E-state index contributed by atoms with van der Waals surface area (Å²) in [6.07, 6.45) is 0. The number of anilines is 1. The number of hydrogen-bond donors (Lipinski definition) is 2. The fourth-order valence-electron chi connectivity index (χ4n) is 0.821. The van der Waals surface area contributed by atoms with Crippen molar-refractivity contribution in [2.75, 3.05) is 5.32 Å². The van der Waals surface area contributed by atoms with Crippen LogP contribution in [0.2, 0.25) is 0 Å². The normalized spacial score (nSPS) is 9.31. The van der Waals surface area contributed by atoms with E-state index in [1.165, 1.54) is 18.2 Å². The highest BCUT2D eigenvalue weighted by molar-refractivity contribution is 7.96. The minimum Gasteiger partial charge on any atom is -0.317 e. The maximum atomic E-state index is 10.5. The van der Waals surface area contributed by atoms with Gasteiger partial charge < -0.3 is 5.32 Å². The van der Waals surface area contributed by atoms with Crippen LogP contribution in [-0.2, 0) is 0 Å². The molecule has 13 heavy (non-hydrogen) atoms. The first-order valence-corrected chi connectivity index (χ1v) is 3.79. The fourth-order valence-corrected chi connectivity index (χ4v) is 0.950. The molecule has 0 fully saturated rings. The summed E-state index contributed by atoms with van der Waals surface area (Å²) in [4.78, 5) is 20.3. The second-order valence-corrected chi connectivity index (χ2v) is 2.64. The third kappa shape index (κ3) is 2.75. The van der Waals surface area contributed by atoms with Crippen LogP contribution in [0.4, 0.5) is 16.2 Å². The Labute approximate surface area is 79.3 Å². The Kier molecular flexibility index (Phi) is 2.86. The van der Waals surface area contributed by atoms with Crippen LogP contribution < -0.4 is 5.32 Å². The molecular formula is C7H6N2O3S. The molecule has 68 valence electrons. The van der Waals surface area contributed by atoms with Crippen molar-refractivity contribution in [2.45, 2.75) is 0 Å². The summed E-state index contributed by atoms with van der Waals surface area (Å²) in [5, 5.41) is 12.1. The molecule has 5 nitrogen and oxygen atoms in total. The van der Waals surface area contributed by atoms with E-state index in [-0.39, 0.29) is 5.69 Å². The molecule has 1 amide bonds. The Bertz CT molecular complexity index is 353. The number of amides is 1. The Hall–Kier alpha value is -1.56. The van der Waals surface area contributed by atoms with E-state index in [0.29, 0.717) is 5.69 Å². The van der Waals surface area contributed by atoms with Gasteiger partial charge >= 0.3 is 0 Å². The number of carbonyl (C=O) groups excluding carboxylic acids is 1. The monoisotopic (exact) mass is 198 g/mol. The van der Waals surface area contributed by atoms with Gasteiger partial charge in [0.2, 0.25) is 0 Å². The van der Waals surface area contributed by atoms with Crippen LogP contribution in [0.3, 0.4) is 0 Å². The summed E-state index contributed by atoms with van der Waals surface area (Å²) in [5.74, 6) is 0. The van der Waals surface area contributed by atoms with Gasteiger partial charge in [-0.1, -0.05) is 18.7 Å². The highest BCUT2D eigenvalue weighted by Crippen LogP contribution is 2.17. The van der Waals surface area contributed by atoms with Crippen LogP contribution in [0.15, 0.2) is 24.3 Å². The SMILES string of the molecule is O=C(S)Nc1cccc([N+](=O)[O-])c1. The number of nitro groups is 1. The van der Waals surface area contributed by atoms with Crippen LogP contribution in [-0.4, -0.2) is 10.2 Å². The van der Waals surface area contributed by atoms with E-state index < -0.39 is 10.2 Å². The summed E-state index contributed by atoms with van der Waals surface area (Å²) in [5.41, 5.74) is 0.286. The Morgan fingerprint density at radius 1 is 1.54 bits per heavy atom. The molecule has 1 N–H and O–H groups in total. The van der Waals surface area contributed by atoms with Crippen molar-refractivity contribution in [3.8, 4) is 0 Å². The van der Waals surface area contributed by atoms with Crippen molar-refractivity contribution in [1.29, 1.82) is 0 Å². The molecule has 0 saturated carbocycles. The smallest absolute Gasteiger partial charge is 0.280 e. The second-order valence-electron chi connectivity index (χ2n) is 2.24. The molecule has 0 unspecified atom stereocenters. The topological polar surface area (TPSA) is 72.2 Å². The lowest BCUT2D eigenvalue weighted by Crippen LogP contribution is -2.01. The zero-order valence-corrected chi connectivity index (χ0v) is 7.32. The van der Waals surface area contributed by atoms with Gasteiger partial charge in [0.05, 0.1) is 4.92 Å². The number of hydrogen-bond acceptors (Lipinski definition) is 3. The van der Waals surface area contributed by atoms with Gasteiger partial charge in [-0.2, -0.15) is 0 Å². The Morgan fingerprint density at radius 2 is 2.23 bits per heavy atom. The summed E-state index contributed by atoms with van der Waals surface area (Å²) in [7, 11) is 0. The third-order valence-electron chi connectivity index (χ3n) is 1.31. The van der Waals surface area contributed by atoms with Gasteiger partial charge in [0.15, 0.2) is 0 Å². The van der Waals surface area contributed by atoms with Crippen LogP contribution in [0, 0.1) is 10.1 Å². The first-order chi connectivity index (χ1) is 6.09. The van der Waals surface area contributed by atoms with Gasteiger partial charge in [-0.3, -0.25) is 14.9 Å². The molecule has 0 radical (unpaired) electrons. The molecule has 0 spiro atoms. The molecule has 0 aromatic heterocycles. The van der Waals surface area contributed by atoms with Gasteiger partial charge in [-0.05, 0) is 6.07 Å². The largest absolute Gasteiger partial charge is 0.317 e. The first-order valence-electron chi connectivity index (χ1n) is 3.34. The van der Waals surface area contributed by atoms with Crippen molar-refractivity contribution < 1.29 is 9.72 Å². The van der Waals surface area contributed by atoms with Gasteiger partial charge in [-0.25, -0.2) is 0 Å². The Morgan fingerprint density at radius 3 is 2.77 bits per heavy atom. The van der Waals surface area contributed by atoms with Crippen molar-refractivity contribution in [3.05, 3.63) is 34.4 Å². The molecule has 0 aliphatic rings. The second kappa shape index (κ2) is 3.90. The maximum absolute atomic E-state index is 10.5. The van der Waals surface area contributed by atoms with E-state index in [1.807, 2.05) is 0 Å². The summed E-state index contributed by atoms with van der Waals surface area (Å²) >= 11 is 3.48. The first kappa shape index (κ1) is 9.53. The van der Waals surface area contributed by atoms with Crippen LogP contribution >= 0.6 is 12.6 Å². The molecular weight excluding hydrogens is 192 g/mol. The average molecular weight is 198 g/mol. The summed E-state index contributed by atoms with van der Waals surface area (Å²) < 4.78 is 0. The predicted octanol–water partition coefficient (Wildman–Crippen LogP) is 2.06. The lowest BCUT2D eigenvalue weighted by Gasteiger charge is -1.99. The molecule has 6 heteroatoms. The molecule has 0 aliphatic heterocycles. The van der Waals surface area contributed by atoms with E-state index >= 15 is 0 Å². The molecule has 0 aliphatic carbocycles. The number of rotatable bonds is 2. The molecule has 1 aromatic rings. The van der Waals surface area contributed by atoms with Crippen LogP contribution in [0.5, 0.6) is 0 Å². The zero-order chi connectivity index (χ0) is 9.84. The zero-order valence-electron chi connectivity index (χ0n) is 6.43. The molecule has 0 heterocycles. The predicted molar refractivity (Wildman–Crippen MR) is 51.1 cm³/mol. The molecule has 0 bridgehead atoms. The van der Waals surface area contributed by atoms with E-state index in [2.05, 4.69) is 17.9 Å². The van der Waals surface area contributed by atoms with Crippen LogP contribution in [0.25, 0.3) is 0 Å². The number of nitro benzene ring substituents is 1. The van der Waals surface area contributed by atoms with Gasteiger partial charge in [-0.15, -0.1) is 0 Å². The average Bonchev–Trinajstić information content (AvgIpc) is 2.03. The minimum atomic E-state index is -0.555. The van der Waals surface area contributed by atoms with Crippen molar-refractivity contribution in [1.82, 2.24) is 0 Å². The van der Waals surface area contributed by atoms with Crippen molar-refractivity contribution in [3.63, 3.8) is 0 Å². The lowest BCUT2D eigenvalue weighted by atomic mass is 10.3. The third-order valence-corrected chi connectivity index (χ3v) is 1.42. The van der Waals surface area contributed by atoms with Crippen molar-refractivity contribution in [2.24, 2.45) is 0 Å². The maximum Gasteiger partial charge on any atom is 0.280 e. The molecule has 1 rings (SSSR count). The highest BCUT2D eigenvalue weighted by Gasteiger charge is 2.05. The Balaban J connectivity index is 2.91. The summed E-state index contributed by atoms with van der Waals surface area (Å²) in [6.45, 7) is 0. The number of thiol groups is 1. The molecule has 1 aromatic carbocycles. The van der Waals surface area contributed by atoms with Crippen LogP contribution in [0.1, 0.15) is 0 Å². The number of nitrogens with one attached hydrogen (secondary N) is 1. The fraction of sp³-hybridized carbons (Fsp3) is 0. The van der Waals surface area contributed by atoms with E-state index in [0.717, 1.165) is 0 Å². The van der Waals surface area contributed by atoms with Gasteiger partial charge in [0, 0.05) is 17.8 Å². The van der Waals surface area contributed by atoms with E-state index in [4.69, 9.17) is 0 Å². The molecule has 0 saturated heterocycles. The summed E-state index contributed by atoms with van der Waals surface area (Å²) in [6, 6.07) is 5.63. The quantitative estimate of drug-likeness (QED) is 0.434.